The fraction of sp³-hybridized carbons (Fsp3) is 0.462. The highest BCUT2D eigenvalue weighted by atomic mass is 79.9. The van der Waals surface area contributed by atoms with Crippen molar-refractivity contribution < 1.29 is 0 Å². The number of rotatable bonds is 1. The highest BCUT2D eigenvalue weighted by Crippen LogP contribution is 2.25. The summed E-state index contributed by atoms with van der Waals surface area (Å²) < 4.78 is 0. The van der Waals surface area contributed by atoms with Crippen LogP contribution in [0.5, 0.6) is 0 Å². The van der Waals surface area contributed by atoms with Crippen molar-refractivity contribution in [3.8, 4) is 0 Å². The van der Waals surface area contributed by atoms with Crippen LogP contribution in [0, 0.1) is 5.92 Å². The van der Waals surface area contributed by atoms with Crippen LogP contribution >= 0.6 is 15.9 Å². The molecule has 5 heteroatoms. The Balaban J connectivity index is 1.90. The molecule has 0 bridgehead atoms. The molecule has 3 rings (SSSR count). The predicted molar refractivity (Wildman–Crippen MR) is 76.0 cm³/mol. The van der Waals surface area contributed by atoms with E-state index in [1.807, 2.05) is 24.3 Å². The van der Waals surface area contributed by atoms with Crippen LogP contribution < -0.4 is 4.90 Å². The number of aromatic nitrogens is 3. The Morgan fingerprint density at radius 1 is 1.22 bits per heavy atom. The number of anilines is 1. The average molecular weight is 307 g/mol. The number of halogens is 1. The molecule has 2 atom stereocenters. The third kappa shape index (κ3) is 2.19. The minimum absolute atomic E-state index is 0.599. The highest BCUT2D eigenvalue weighted by molar-refractivity contribution is 9.09. The molecule has 4 nitrogen and oxygen atoms in total. The van der Waals surface area contributed by atoms with E-state index in [9.17, 15) is 0 Å². The van der Waals surface area contributed by atoms with Crippen molar-refractivity contribution in [2.45, 2.75) is 18.2 Å². The first-order chi connectivity index (χ1) is 8.74. The van der Waals surface area contributed by atoms with E-state index in [0.717, 1.165) is 36.5 Å². The summed E-state index contributed by atoms with van der Waals surface area (Å²) in [6.45, 7) is 4.22. The first-order valence-corrected chi connectivity index (χ1v) is 7.14. The van der Waals surface area contributed by atoms with E-state index in [1.165, 1.54) is 0 Å². The van der Waals surface area contributed by atoms with Gasteiger partial charge in [-0.05, 0) is 24.5 Å². The third-order valence-electron chi connectivity index (χ3n) is 3.43. The van der Waals surface area contributed by atoms with Gasteiger partial charge in [0.1, 0.15) is 5.52 Å². The van der Waals surface area contributed by atoms with E-state index in [0.29, 0.717) is 10.7 Å². The normalized spacial score (nSPS) is 24.4. The smallest absolute Gasteiger partial charge is 0.245 e. The molecule has 1 aromatic carbocycles. The van der Waals surface area contributed by atoms with E-state index in [2.05, 4.69) is 42.9 Å². The van der Waals surface area contributed by atoms with Gasteiger partial charge in [0.25, 0.3) is 0 Å². The van der Waals surface area contributed by atoms with Crippen molar-refractivity contribution in [1.82, 2.24) is 15.2 Å². The lowest BCUT2D eigenvalue weighted by molar-refractivity contribution is 0.460. The molecule has 94 valence electrons. The quantitative estimate of drug-likeness (QED) is 0.760. The Kier molecular flexibility index (Phi) is 3.16. The van der Waals surface area contributed by atoms with Crippen LogP contribution in [0.4, 0.5) is 5.95 Å². The van der Waals surface area contributed by atoms with Gasteiger partial charge in [0.15, 0.2) is 0 Å². The lowest BCUT2D eigenvalue weighted by Gasteiger charge is -2.34. The number of alkyl halides is 1. The van der Waals surface area contributed by atoms with Crippen molar-refractivity contribution in [1.29, 1.82) is 0 Å². The minimum atomic E-state index is 0.599. The van der Waals surface area contributed by atoms with E-state index in [-0.39, 0.29) is 0 Å². The fourth-order valence-electron chi connectivity index (χ4n) is 2.30. The Hall–Kier alpha value is -1.23. The van der Waals surface area contributed by atoms with Gasteiger partial charge in [-0.15, -0.1) is 10.2 Å². The largest absolute Gasteiger partial charge is 0.339 e. The lowest BCUT2D eigenvalue weighted by atomic mass is 10.0. The van der Waals surface area contributed by atoms with Crippen LogP contribution in [-0.2, 0) is 0 Å². The molecule has 0 spiro atoms. The number of nitrogens with zero attached hydrogens (tertiary/aromatic N) is 4. The molecule has 2 heterocycles. The average Bonchev–Trinajstić information content (AvgIpc) is 2.41. The van der Waals surface area contributed by atoms with Crippen molar-refractivity contribution in [3.05, 3.63) is 24.3 Å². The van der Waals surface area contributed by atoms with Gasteiger partial charge in [0.05, 0.1) is 5.52 Å². The SMILES string of the molecule is CC1CN(c2nnc3ccccc3n2)CCC1Br. The molecule has 1 saturated heterocycles. The summed E-state index contributed by atoms with van der Waals surface area (Å²) in [5.74, 6) is 1.36. The number of para-hydroxylation sites is 1. The summed E-state index contributed by atoms with van der Waals surface area (Å²) in [7, 11) is 0. The Morgan fingerprint density at radius 2 is 2.00 bits per heavy atom. The Morgan fingerprint density at radius 3 is 2.78 bits per heavy atom. The zero-order valence-electron chi connectivity index (χ0n) is 10.3. The standard InChI is InChI=1S/C13H15BrN4/c1-9-8-18(7-6-10(9)14)13-15-11-4-2-3-5-12(11)16-17-13/h2-5,9-10H,6-8H2,1H3. The molecule has 0 N–H and O–H groups in total. The maximum Gasteiger partial charge on any atom is 0.245 e. The van der Waals surface area contributed by atoms with Crippen molar-refractivity contribution in [2.75, 3.05) is 18.0 Å². The second-order valence-corrected chi connectivity index (χ2v) is 6.00. The van der Waals surface area contributed by atoms with Gasteiger partial charge in [-0.2, -0.15) is 0 Å². The molecule has 0 amide bonds. The molecule has 2 aromatic rings. The minimum Gasteiger partial charge on any atom is -0.339 e. The number of benzene rings is 1. The molecule has 0 radical (unpaired) electrons. The molecule has 2 unspecified atom stereocenters. The molecular formula is C13H15BrN4. The van der Waals surface area contributed by atoms with E-state index < -0.39 is 0 Å². The van der Waals surface area contributed by atoms with Crippen molar-refractivity contribution >= 4 is 32.9 Å². The number of hydrogen-bond donors (Lipinski definition) is 0. The Labute approximate surface area is 115 Å². The summed E-state index contributed by atoms with van der Waals surface area (Å²) >= 11 is 3.71. The molecule has 1 aromatic heterocycles. The second-order valence-electron chi connectivity index (χ2n) is 4.83. The van der Waals surface area contributed by atoms with Crippen molar-refractivity contribution in [3.63, 3.8) is 0 Å². The third-order valence-corrected chi connectivity index (χ3v) is 4.79. The monoisotopic (exact) mass is 306 g/mol. The fourth-order valence-corrected chi connectivity index (χ4v) is 2.68. The molecule has 0 saturated carbocycles. The van der Waals surface area contributed by atoms with Crippen LogP contribution in [-0.4, -0.2) is 33.1 Å². The van der Waals surface area contributed by atoms with Gasteiger partial charge < -0.3 is 4.90 Å². The molecular weight excluding hydrogens is 292 g/mol. The van der Waals surface area contributed by atoms with E-state index >= 15 is 0 Å². The van der Waals surface area contributed by atoms with Crippen LogP contribution in [0.2, 0.25) is 0 Å². The first kappa shape index (κ1) is 11.8. The van der Waals surface area contributed by atoms with E-state index in [1.54, 1.807) is 0 Å². The zero-order chi connectivity index (χ0) is 12.5. The van der Waals surface area contributed by atoms with Crippen LogP contribution in [0.15, 0.2) is 24.3 Å². The maximum absolute atomic E-state index is 4.60. The summed E-state index contributed by atoms with van der Waals surface area (Å²) in [6.07, 6.45) is 1.12. The second kappa shape index (κ2) is 4.80. The highest BCUT2D eigenvalue weighted by Gasteiger charge is 2.25. The van der Waals surface area contributed by atoms with Gasteiger partial charge in [-0.1, -0.05) is 35.0 Å². The van der Waals surface area contributed by atoms with Gasteiger partial charge in [-0.25, -0.2) is 4.98 Å². The predicted octanol–water partition coefficient (Wildman–Crippen LogP) is 2.63. The topological polar surface area (TPSA) is 41.9 Å². The van der Waals surface area contributed by atoms with Gasteiger partial charge in [-0.3, -0.25) is 0 Å². The molecule has 18 heavy (non-hydrogen) atoms. The van der Waals surface area contributed by atoms with Crippen LogP contribution in [0.3, 0.4) is 0 Å². The molecule has 1 aliphatic rings. The summed E-state index contributed by atoms with van der Waals surface area (Å²) in [4.78, 5) is 7.42. The van der Waals surface area contributed by atoms with Gasteiger partial charge in [0, 0.05) is 17.9 Å². The maximum atomic E-state index is 4.60. The lowest BCUT2D eigenvalue weighted by Crippen LogP contribution is -2.40. The number of hydrogen-bond acceptors (Lipinski definition) is 4. The summed E-state index contributed by atoms with van der Waals surface area (Å²) in [5.41, 5.74) is 1.76. The number of fused-ring (bicyclic) bond motifs is 1. The molecule has 1 aliphatic heterocycles. The van der Waals surface area contributed by atoms with Crippen molar-refractivity contribution in [2.24, 2.45) is 5.92 Å². The van der Waals surface area contributed by atoms with Gasteiger partial charge in [0.2, 0.25) is 5.95 Å². The van der Waals surface area contributed by atoms with Crippen LogP contribution in [0.25, 0.3) is 11.0 Å². The van der Waals surface area contributed by atoms with E-state index in [4.69, 9.17) is 0 Å². The van der Waals surface area contributed by atoms with Gasteiger partial charge >= 0.3 is 0 Å². The summed E-state index contributed by atoms with van der Waals surface area (Å²) in [5, 5.41) is 8.47. The number of piperidine rings is 1. The first-order valence-electron chi connectivity index (χ1n) is 6.22. The summed E-state index contributed by atoms with van der Waals surface area (Å²) in [6, 6.07) is 7.85. The molecule has 0 aliphatic carbocycles. The Bertz CT molecular complexity index is 559. The van der Waals surface area contributed by atoms with Crippen LogP contribution in [0.1, 0.15) is 13.3 Å². The molecule has 1 fully saturated rings. The zero-order valence-corrected chi connectivity index (χ0v) is 11.8.